The van der Waals surface area contributed by atoms with Gasteiger partial charge in [0.25, 0.3) is 6.36 Å². The summed E-state index contributed by atoms with van der Waals surface area (Å²) in [4.78, 5) is 0. The van der Waals surface area contributed by atoms with E-state index in [1.165, 1.54) is 4.74 Å². The highest BCUT2D eigenvalue weighted by Gasteiger charge is 2.82. The van der Waals surface area contributed by atoms with E-state index in [2.05, 4.69) is 0 Å². The first-order valence-electron chi connectivity index (χ1n) is 5.25. The van der Waals surface area contributed by atoms with Crippen molar-refractivity contribution in [1.82, 2.24) is 0 Å². The summed E-state index contributed by atoms with van der Waals surface area (Å²) in [6, 6.07) is 0. The van der Waals surface area contributed by atoms with Crippen molar-refractivity contribution in [3.8, 4) is 0 Å². The Kier molecular flexibility index (Phi) is 6.41. The Morgan fingerprint density at radius 2 is 1.07 bits per heavy atom. The van der Waals surface area contributed by atoms with Crippen LogP contribution in [0.25, 0.3) is 0 Å². The van der Waals surface area contributed by atoms with Crippen molar-refractivity contribution in [2.45, 2.75) is 42.0 Å². The maximum Gasteiger partial charge on any atom is 0.464 e. The molecule has 0 saturated heterocycles. The Hall–Kier alpha value is -1.18. The zero-order chi connectivity index (χ0) is 22.5. The molecule has 0 saturated carbocycles. The number of alkyl halides is 14. The molecular formula is C7HF15O4S. The lowest BCUT2D eigenvalue weighted by molar-refractivity contribution is -0.526. The lowest BCUT2D eigenvalue weighted by atomic mass is 10.2. The Bertz CT molecular complexity index is 636. The van der Waals surface area contributed by atoms with Crippen LogP contribution >= 0.6 is 0 Å². The van der Waals surface area contributed by atoms with Gasteiger partial charge in [-0.2, -0.15) is 65.5 Å². The zero-order valence-corrected chi connectivity index (χ0v) is 12.1. The molecule has 20 heteroatoms. The fourth-order valence-corrected chi connectivity index (χ4v) is 1.26. The van der Waals surface area contributed by atoms with Crippen molar-refractivity contribution in [3.05, 3.63) is 0 Å². The Morgan fingerprint density at radius 1 is 0.704 bits per heavy atom. The van der Waals surface area contributed by atoms with E-state index in [9.17, 15) is 73.8 Å². The number of hydrogen-bond donors (Lipinski definition) is 0. The van der Waals surface area contributed by atoms with Crippen molar-refractivity contribution in [2.24, 2.45) is 0 Å². The van der Waals surface area contributed by atoms with E-state index in [0.29, 0.717) is 0 Å². The van der Waals surface area contributed by atoms with Crippen LogP contribution in [0.3, 0.4) is 0 Å². The third kappa shape index (κ3) is 4.81. The second kappa shape index (κ2) is 6.71. The number of halogens is 15. The van der Waals surface area contributed by atoms with Crippen LogP contribution in [-0.2, 0) is 19.7 Å². The van der Waals surface area contributed by atoms with E-state index in [-0.39, 0.29) is 0 Å². The summed E-state index contributed by atoms with van der Waals surface area (Å²) in [5.74, 6) is -7.72. The van der Waals surface area contributed by atoms with Gasteiger partial charge in [0.15, 0.2) is 0 Å². The Labute approximate surface area is 137 Å². The predicted octanol–water partition coefficient (Wildman–Crippen LogP) is 4.18. The molecule has 0 aromatic heterocycles. The molecule has 0 rings (SSSR count). The Morgan fingerprint density at radius 3 is 1.33 bits per heavy atom. The van der Waals surface area contributed by atoms with Gasteiger partial charge in [0.05, 0.1) is 0 Å². The second-order valence-electron chi connectivity index (χ2n) is 4.16. The van der Waals surface area contributed by atoms with Crippen LogP contribution in [0.2, 0.25) is 0 Å². The molecule has 0 aliphatic heterocycles. The normalized spacial score (nSPS) is 18.9. The molecule has 0 aliphatic carbocycles. The summed E-state index contributed by atoms with van der Waals surface area (Å²) in [7, 11) is -7.95. The number of ether oxygens (including phenoxy) is 2. The SMILES string of the molecule is O=S(=O)(F)C(F)(F)C(F)(F)OC(F)(C(F)(F)F)C(F)(F)OC(F)C(F)(F)F. The molecule has 0 amide bonds. The van der Waals surface area contributed by atoms with Gasteiger partial charge in [-0.15, -0.1) is 0 Å². The highest BCUT2D eigenvalue weighted by Crippen LogP contribution is 2.53. The number of rotatable bonds is 7. The molecule has 27 heavy (non-hydrogen) atoms. The van der Waals surface area contributed by atoms with Crippen LogP contribution in [0.4, 0.5) is 65.4 Å². The van der Waals surface area contributed by atoms with E-state index < -0.39 is 52.3 Å². The van der Waals surface area contributed by atoms with Crippen molar-refractivity contribution >= 4 is 10.2 Å². The molecular weight excluding hydrogens is 465 g/mol. The molecule has 2 unspecified atom stereocenters. The molecule has 0 aromatic rings. The van der Waals surface area contributed by atoms with Crippen LogP contribution in [0, 0.1) is 0 Å². The van der Waals surface area contributed by atoms with Crippen molar-refractivity contribution < 1.29 is 83.2 Å². The predicted molar refractivity (Wildman–Crippen MR) is 47.9 cm³/mol. The highest BCUT2D eigenvalue weighted by molar-refractivity contribution is 7.87. The molecule has 0 aliphatic rings. The van der Waals surface area contributed by atoms with Crippen LogP contribution < -0.4 is 0 Å². The fraction of sp³-hybridized carbons (Fsp3) is 1.00. The van der Waals surface area contributed by atoms with Crippen LogP contribution in [0.5, 0.6) is 0 Å². The summed E-state index contributed by atoms with van der Waals surface area (Å²) < 4.78 is 209. The molecule has 2 atom stereocenters. The van der Waals surface area contributed by atoms with Crippen LogP contribution in [-0.4, -0.2) is 50.5 Å². The molecule has 0 bridgehead atoms. The summed E-state index contributed by atoms with van der Waals surface area (Å²) in [6.07, 6.45) is -34.8. The molecule has 4 nitrogen and oxygen atoms in total. The van der Waals surface area contributed by atoms with Crippen molar-refractivity contribution in [2.75, 3.05) is 0 Å². The molecule has 0 N–H and O–H groups in total. The van der Waals surface area contributed by atoms with Crippen molar-refractivity contribution in [3.63, 3.8) is 0 Å². The average Bonchev–Trinajstić information content (AvgIpc) is 2.33. The van der Waals surface area contributed by atoms with Gasteiger partial charge in [-0.25, -0.2) is 4.39 Å². The lowest BCUT2D eigenvalue weighted by Gasteiger charge is -2.37. The molecule has 0 spiro atoms. The van der Waals surface area contributed by atoms with E-state index in [1.807, 2.05) is 0 Å². The smallest absolute Gasteiger partial charge is 0.272 e. The van der Waals surface area contributed by atoms with E-state index in [1.54, 1.807) is 4.74 Å². The van der Waals surface area contributed by atoms with Gasteiger partial charge in [0.1, 0.15) is 0 Å². The van der Waals surface area contributed by atoms with Gasteiger partial charge < -0.3 is 0 Å². The van der Waals surface area contributed by atoms with Gasteiger partial charge in [0, 0.05) is 0 Å². The summed E-state index contributed by atoms with van der Waals surface area (Å²) in [5, 5.41) is -7.45. The first-order chi connectivity index (χ1) is 11.3. The molecule has 164 valence electrons. The Balaban J connectivity index is 6.29. The van der Waals surface area contributed by atoms with Gasteiger partial charge in [-0.1, -0.05) is 3.89 Å². The topological polar surface area (TPSA) is 52.6 Å². The number of hydrogen-bond acceptors (Lipinski definition) is 4. The van der Waals surface area contributed by atoms with Crippen LogP contribution in [0.15, 0.2) is 0 Å². The second-order valence-corrected chi connectivity index (χ2v) is 5.55. The molecule has 0 fully saturated rings. The minimum absolute atomic E-state index is 1.36. The minimum Gasteiger partial charge on any atom is -0.272 e. The van der Waals surface area contributed by atoms with Gasteiger partial charge >= 0.3 is 45.9 Å². The largest absolute Gasteiger partial charge is 0.464 e. The summed E-state index contributed by atoms with van der Waals surface area (Å²) in [5.41, 5.74) is 0. The highest BCUT2D eigenvalue weighted by atomic mass is 32.3. The first-order valence-corrected chi connectivity index (χ1v) is 6.64. The van der Waals surface area contributed by atoms with E-state index >= 15 is 0 Å². The monoisotopic (exact) mass is 466 g/mol. The quantitative estimate of drug-likeness (QED) is 0.418. The molecule has 0 radical (unpaired) electrons. The molecule has 0 heterocycles. The average molecular weight is 466 g/mol. The minimum atomic E-state index is -7.95. The lowest BCUT2D eigenvalue weighted by Crippen LogP contribution is -2.64. The van der Waals surface area contributed by atoms with Gasteiger partial charge in [-0.05, 0) is 0 Å². The summed E-state index contributed by atoms with van der Waals surface area (Å²) >= 11 is 0. The van der Waals surface area contributed by atoms with Gasteiger partial charge in [0.2, 0.25) is 0 Å². The molecule has 0 aromatic carbocycles. The fourth-order valence-electron chi connectivity index (χ4n) is 0.933. The third-order valence-electron chi connectivity index (χ3n) is 2.16. The first kappa shape index (κ1) is 25.8. The third-order valence-corrected chi connectivity index (χ3v) is 3.01. The van der Waals surface area contributed by atoms with Crippen molar-refractivity contribution in [1.29, 1.82) is 0 Å². The maximum atomic E-state index is 13.4. The van der Waals surface area contributed by atoms with Crippen LogP contribution in [0.1, 0.15) is 0 Å². The standard InChI is InChI=1S/C7HF15O4S/c8-1(2(9,10)11)25-5(16,17)3(12,4(13,14)15)26-6(18,19)7(20,21)27(22,23)24/h1H. The maximum absolute atomic E-state index is 13.4. The zero-order valence-electron chi connectivity index (χ0n) is 11.3. The van der Waals surface area contributed by atoms with Gasteiger partial charge in [-0.3, -0.25) is 9.47 Å². The van der Waals surface area contributed by atoms with E-state index in [4.69, 9.17) is 0 Å². The summed E-state index contributed by atoms with van der Waals surface area (Å²) in [6.45, 7) is 0. The van der Waals surface area contributed by atoms with E-state index in [0.717, 1.165) is 0 Å².